The highest BCUT2D eigenvalue weighted by Crippen LogP contribution is 2.47. The predicted molar refractivity (Wildman–Crippen MR) is 88.8 cm³/mol. The summed E-state index contributed by atoms with van der Waals surface area (Å²) in [5, 5.41) is 2.86. The van der Waals surface area contributed by atoms with Crippen molar-refractivity contribution in [2.45, 2.75) is 31.5 Å². The molecule has 2 heterocycles. The molecule has 0 saturated heterocycles. The summed E-state index contributed by atoms with van der Waals surface area (Å²) >= 11 is 3.31. The molecule has 0 radical (unpaired) electrons. The maximum absolute atomic E-state index is 12.3. The Hall–Kier alpha value is -2.08. The first-order valence-electron chi connectivity index (χ1n) is 7.58. The van der Waals surface area contributed by atoms with Crippen molar-refractivity contribution in [3.63, 3.8) is 0 Å². The number of nitrogens with zero attached hydrogens (tertiary/aromatic N) is 1. The third kappa shape index (κ3) is 2.79. The fourth-order valence-corrected chi connectivity index (χ4v) is 3.39. The Bertz CT molecular complexity index is 772. The SMILES string of the molecule is O=C(Nc1ccc2c(c1)OC1(CCCC1)O2)c1cncc(Br)c1. The second-order valence-electron chi connectivity index (χ2n) is 5.83. The molecule has 4 rings (SSSR count). The number of carbonyl (C=O) groups is 1. The van der Waals surface area contributed by atoms with Gasteiger partial charge < -0.3 is 14.8 Å². The van der Waals surface area contributed by atoms with Crippen LogP contribution in [-0.4, -0.2) is 16.7 Å². The van der Waals surface area contributed by atoms with E-state index in [4.69, 9.17) is 9.47 Å². The molecule has 2 aliphatic rings. The van der Waals surface area contributed by atoms with Crippen LogP contribution in [-0.2, 0) is 0 Å². The number of anilines is 1. The van der Waals surface area contributed by atoms with Gasteiger partial charge in [0.15, 0.2) is 11.5 Å². The molecule has 1 aliphatic heterocycles. The van der Waals surface area contributed by atoms with Gasteiger partial charge in [-0.3, -0.25) is 9.78 Å². The summed E-state index contributed by atoms with van der Waals surface area (Å²) in [6.45, 7) is 0. The van der Waals surface area contributed by atoms with E-state index < -0.39 is 5.79 Å². The van der Waals surface area contributed by atoms with Gasteiger partial charge in [-0.1, -0.05) is 0 Å². The van der Waals surface area contributed by atoms with E-state index in [2.05, 4.69) is 26.2 Å². The van der Waals surface area contributed by atoms with Crippen molar-refractivity contribution >= 4 is 27.5 Å². The molecule has 0 unspecified atom stereocenters. The van der Waals surface area contributed by atoms with Gasteiger partial charge in [-0.15, -0.1) is 0 Å². The molecular formula is C17H15BrN2O3. The molecule has 1 spiro atoms. The zero-order chi connectivity index (χ0) is 15.9. The lowest BCUT2D eigenvalue weighted by Gasteiger charge is -2.21. The van der Waals surface area contributed by atoms with Crippen LogP contribution < -0.4 is 14.8 Å². The number of hydrogen-bond donors (Lipinski definition) is 1. The lowest BCUT2D eigenvalue weighted by molar-refractivity contribution is -0.0716. The number of aromatic nitrogens is 1. The average molecular weight is 375 g/mol. The Morgan fingerprint density at radius 3 is 2.70 bits per heavy atom. The van der Waals surface area contributed by atoms with Crippen molar-refractivity contribution < 1.29 is 14.3 Å². The number of amides is 1. The molecule has 1 aromatic heterocycles. The molecule has 23 heavy (non-hydrogen) atoms. The van der Waals surface area contributed by atoms with Gasteiger partial charge in [0, 0.05) is 41.5 Å². The predicted octanol–water partition coefficient (Wildman–Crippen LogP) is 4.14. The van der Waals surface area contributed by atoms with E-state index >= 15 is 0 Å². The molecule has 6 heteroatoms. The van der Waals surface area contributed by atoms with Gasteiger partial charge >= 0.3 is 0 Å². The largest absolute Gasteiger partial charge is 0.448 e. The number of hydrogen-bond acceptors (Lipinski definition) is 4. The first kappa shape index (κ1) is 14.5. The summed E-state index contributed by atoms with van der Waals surface area (Å²) in [7, 11) is 0. The first-order valence-corrected chi connectivity index (χ1v) is 8.37. The number of pyridine rings is 1. The van der Waals surface area contributed by atoms with E-state index in [0.717, 1.165) is 35.9 Å². The first-order chi connectivity index (χ1) is 11.1. The number of carbonyl (C=O) groups excluding carboxylic acids is 1. The summed E-state index contributed by atoms with van der Waals surface area (Å²) in [5.41, 5.74) is 1.16. The standard InChI is InChI=1S/C17H15BrN2O3/c18-12-7-11(9-19-10-12)16(21)20-13-3-4-14-15(8-13)23-17(22-14)5-1-2-6-17/h3-4,7-10H,1-2,5-6H2,(H,20,21). The summed E-state index contributed by atoms with van der Waals surface area (Å²) < 4.78 is 12.7. The van der Waals surface area contributed by atoms with Crippen LogP contribution in [0.1, 0.15) is 36.0 Å². The van der Waals surface area contributed by atoms with E-state index in [-0.39, 0.29) is 5.91 Å². The lowest BCUT2D eigenvalue weighted by atomic mass is 10.2. The van der Waals surface area contributed by atoms with Gasteiger partial charge in [0.05, 0.1) is 5.56 Å². The number of benzene rings is 1. The quantitative estimate of drug-likeness (QED) is 0.857. The minimum absolute atomic E-state index is 0.215. The van der Waals surface area contributed by atoms with E-state index in [0.29, 0.717) is 17.0 Å². The monoisotopic (exact) mass is 374 g/mol. The number of nitrogens with one attached hydrogen (secondary N) is 1. The Morgan fingerprint density at radius 2 is 1.91 bits per heavy atom. The van der Waals surface area contributed by atoms with Gasteiger partial charge in [-0.05, 0) is 47.0 Å². The fourth-order valence-electron chi connectivity index (χ4n) is 3.03. The summed E-state index contributed by atoms with van der Waals surface area (Å²) in [6.07, 6.45) is 7.22. The van der Waals surface area contributed by atoms with E-state index in [1.807, 2.05) is 18.2 Å². The molecule has 1 aliphatic carbocycles. The van der Waals surface area contributed by atoms with Crippen LogP contribution in [0.2, 0.25) is 0 Å². The van der Waals surface area contributed by atoms with Crippen molar-refractivity contribution in [2.75, 3.05) is 5.32 Å². The lowest BCUT2D eigenvalue weighted by Crippen LogP contribution is -2.34. The molecule has 118 valence electrons. The number of halogens is 1. The zero-order valence-corrected chi connectivity index (χ0v) is 13.9. The molecule has 2 aromatic rings. The Morgan fingerprint density at radius 1 is 1.13 bits per heavy atom. The van der Waals surface area contributed by atoms with Crippen molar-refractivity contribution in [3.05, 3.63) is 46.7 Å². The molecular weight excluding hydrogens is 360 g/mol. The maximum atomic E-state index is 12.3. The summed E-state index contributed by atoms with van der Waals surface area (Å²) in [4.78, 5) is 16.3. The molecule has 5 nitrogen and oxygen atoms in total. The topological polar surface area (TPSA) is 60.5 Å². The molecule has 1 saturated carbocycles. The van der Waals surface area contributed by atoms with E-state index in [1.54, 1.807) is 12.3 Å². The normalized spacial score (nSPS) is 17.4. The van der Waals surface area contributed by atoms with Crippen molar-refractivity contribution in [2.24, 2.45) is 0 Å². The highest BCUT2D eigenvalue weighted by atomic mass is 79.9. The minimum Gasteiger partial charge on any atom is -0.448 e. The van der Waals surface area contributed by atoms with Gasteiger partial charge in [0.25, 0.3) is 11.7 Å². The van der Waals surface area contributed by atoms with Crippen LogP contribution in [0.25, 0.3) is 0 Å². The van der Waals surface area contributed by atoms with Crippen LogP contribution in [0.5, 0.6) is 11.5 Å². The fraction of sp³-hybridized carbons (Fsp3) is 0.294. The molecule has 1 fully saturated rings. The van der Waals surface area contributed by atoms with Crippen LogP contribution in [0.3, 0.4) is 0 Å². The van der Waals surface area contributed by atoms with Crippen LogP contribution in [0.4, 0.5) is 5.69 Å². The van der Waals surface area contributed by atoms with Gasteiger partial charge in [-0.25, -0.2) is 0 Å². The van der Waals surface area contributed by atoms with Gasteiger partial charge in [0.1, 0.15) is 0 Å². The molecule has 0 atom stereocenters. The maximum Gasteiger partial charge on any atom is 0.257 e. The number of ether oxygens (including phenoxy) is 2. The Kier molecular flexibility index (Phi) is 3.49. The van der Waals surface area contributed by atoms with E-state index in [9.17, 15) is 4.79 Å². The second kappa shape index (κ2) is 5.53. The van der Waals surface area contributed by atoms with Crippen LogP contribution in [0, 0.1) is 0 Å². The summed E-state index contributed by atoms with van der Waals surface area (Å²) in [6, 6.07) is 7.20. The van der Waals surface area contributed by atoms with Gasteiger partial charge in [0.2, 0.25) is 0 Å². The third-order valence-corrected chi connectivity index (χ3v) is 4.56. The second-order valence-corrected chi connectivity index (χ2v) is 6.75. The number of rotatable bonds is 2. The van der Waals surface area contributed by atoms with Crippen molar-refractivity contribution in [1.82, 2.24) is 4.98 Å². The summed E-state index contributed by atoms with van der Waals surface area (Å²) in [5.74, 6) is 0.735. The molecule has 1 N–H and O–H groups in total. The molecule has 1 amide bonds. The van der Waals surface area contributed by atoms with Gasteiger partial charge in [-0.2, -0.15) is 0 Å². The highest BCUT2D eigenvalue weighted by Gasteiger charge is 2.44. The molecule has 0 bridgehead atoms. The Labute approximate surface area is 142 Å². The zero-order valence-electron chi connectivity index (χ0n) is 12.3. The smallest absolute Gasteiger partial charge is 0.257 e. The third-order valence-electron chi connectivity index (χ3n) is 4.13. The van der Waals surface area contributed by atoms with Crippen LogP contribution in [0.15, 0.2) is 41.1 Å². The average Bonchev–Trinajstić information content (AvgIpc) is 3.13. The van der Waals surface area contributed by atoms with Crippen molar-refractivity contribution in [1.29, 1.82) is 0 Å². The Balaban J connectivity index is 1.52. The van der Waals surface area contributed by atoms with Crippen molar-refractivity contribution in [3.8, 4) is 11.5 Å². The highest BCUT2D eigenvalue weighted by molar-refractivity contribution is 9.10. The van der Waals surface area contributed by atoms with E-state index in [1.165, 1.54) is 6.20 Å². The molecule has 1 aromatic carbocycles. The van der Waals surface area contributed by atoms with Crippen LogP contribution >= 0.6 is 15.9 Å². The number of fused-ring (bicyclic) bond motifs is 1. The minimum atomic E-state index is -0.487.